The quantitative estimate of drug-likeness (QED) is 0.144. The summed E-state index contributed by atoms with van der Waals surface area (Å²) in [7, 11) is 1.93. The molecule has 0 fully saturated rings. The van der Waals surface area contributed by atoms with Crippen molar-refractivity contribution in [3.05, 3.63) is 24.0 Å². The molecule has 1 heterocycles. The highest BCUT2D eigenvalue weighted by atomic mass is 127. The lowest BCUT2D eigenvalue weighted by molar-refractivity contribution is -0.672. The Balaban J connectivity index is 0.00000225. The molecule has 3 nitrogen and oxygen atoms in total. The number of aryl methyl sites for hydroxylation is 1. The molecule has 16 heavy (non-hydrogen) atoms. The van der Waals surface area contributed by atoms with Gasteiger partial charge in [0.25, 0.3) is 0 Å². The Morgan fingerprint density at radius 3 is 2.94 bits per heavy atom. The lowest BCUT2D eigenvalue weighted by atomic mass is 10.3. The Labute approximate surface area is 118 Å². The predicted molar refractivity (Wildman–Crippen MR) is 62.6 cm³/mol. The van der Waals surface area contributed by atoms with Crippen molar-refractivity contribution in [1.29, 1.82) is 0 Å². The van der Waals surface area contributed by atoms with Crippen LogP contribution in [-0.4, -0.2) is 17.2 Å². The maximum absolute atomic E-state index is 8.50. The highest BCUT2D eigenvalue weighted by Crippen LogP contribution is 2.18. The number of thioether (sulfide) groups is 1. The van der Waals surface area contributed by atoms with Crippen LogP contribution in [0.2, 0.25) is 0 Å². The lowest BCUT2D eigenvalue weighted by Crippen LogP contribution is -3.00. The minimum atomic E-state index is 0. The predicted octanol–water partition coefficient (Wildman–Crippen LogP) is -0.785. The Hall–Kier alpha value is -0.300. The maximum atomic E-state index is 8.50. The number of aromatic nitrogens is 1. The van der Waals surface area contributed by atoms with Crippen LogP contribution in [0.5, 0.6) is 0 Å². The van der Waals surface area contributed by atoms with E-state index in [4.69, 9.17) is 5.21 Å². The first-order valence-corrected chi connectivity index (χ1v) is 6.06. The van der Waals surface area contributed by atoms with Crippen LogP contribution in [0.1, 0.15) is 25.5 Å². The molecule has 1 rings (SSSR count). The van der Waals surface area contributed by atoms with Crippen LogP contribution in [0, 0.1) is 0 Å². The zero-order valence-electron chi connectivity index (χ0n) is 9.56. The fourth-order valence-electron chi connectivity index (χ4n) is 1.18. The van der Waals surface area contributed by atoms with Gasteiger partial charge in [0.2, 0.25) is 5.69 Å². The SMILES string of the molecule is CCCCSc1cc[n+](C)c(/C=N/O)c1.[I-]. The maximum Gasteiger partial charge on any atom is 0.227 e. The van der Waals surface area contributed by atoms with Gasteiger partial charge < -0.3 is 29.2 Å². The van der Waals surface area contributed by atoms with Gasteiger partial charge in [-0.1, -0.05) is 18.5 Å². The van der Waals surface area contributed by atoms with Crippen molar-refractivity contribution in [2.24, 2.45) is 12.2 Å². The van der Waals surface area contributed by atoms with Gasteiger partial charge in [-0.15, -0.1) is 11.8 Å². The summed E-state index contributed by atoms with van der Waals surface area (Å²) in [6, 6.07) is 4.11. The number of rotatable bonds is 5. The summed E-state index contributed by atoms with van der Waals surface area (Å²) in [5.74, 6) is 1.14. The fourth-order valence-corrected chi connectivity index (χ4v) is 2.21. The average Bonchev–Trinajstić information content (AvgIpc) is 2.23. The molecule has 0 saturated carbocycles. The number of hydrogen-bond donors (Lipinski definition) is 1. The molecular weight excluding hydrogens is 335 g/mol. The van der Waals surface area contributed by atoms with E-state index in [2.05, 4.69) is 18.1 Å². The van der Waals surface area contributed by atoms with Crippen LogP contribution in [0.4, 0.5) is 0 Å². The van der Waals surface area contributed by atoms with Gasteiger partial charge >= 0.3 is 0 Å². The summed E-state index contributed by atoms with van der Waals surface area (Å²) in [5, 5.41) is 11.5. The van der Waals surface area contributed by atoms with Crippen molar-refractivity contribution >= 4 is 18.0 Å². The smallest absolute Gasteiger partial charge is 0.227 e. The number of oxime groups is 1. The number of hydrogen-bond acceptors (Lipinski definition) is 3. The zero-order valence-corrected chi connectivity index (χ0v) is 12.5. The highest BCUT2D eigenvalue weighted by Gasteiger charge is 2.05. The second-order valence-electron chi connectivity index (χ2n) is 3.34. The molecule has 0 atom stereocenters. The van der Waals surface area contributed by atoms with Gasteiger partial charge in [0.15, 0.2) is 6.20 Å². The Kier molecular flexibility index (Phi) is 8.64. The lowest BCUT2D eigenvalue weighted by Gasteiger charge is -2.00. The molecule has 1 N–H and O–H groups in total. The largest absolute Gasteiger partial charge is 1.00 e. The summed E-state index contributed by atoms with van der Waals surface area (Å²) in [5.41, 5.74) is 0.902. The first kappa shape index (κ1) is 15.7. The highest BCUT2D eigenvalue weighted by molar-refractivity contribution is 7.99. The number of halogens is 1. The number of unbranched alkanes of at least 4 members (excludes halogenated alkanes) is 1. The van der Waals surface area contributed by atoms with Crippen molar-refractivity contribution in [2.45, 2.75) is 24.7 Å². The van der Waals surface area contributed by atoms with Crippen LogP contribution in [-0.2, 0) is 7.05 Å². The minimum absolute atomic E-state index is 0. The normalized spacial score (nSPS) is 10.4. The van der Waals surface area contributed by atoms with E-state index in [-0.39, 0.29) is 24.0 Å². The van der Waals surface area contributed by atoms with Crippen molar-refractivity contribution in [3.8, 4) is 0 Å². The molecule has 0 aromatic carbocycles. The molecule has 90 valence electrons. The van der Waals surface area contributed by atoms with Crippen molar-refractivity contribution < 1.29 is 33.8 Å². The van der Waals surface area contributed by atoms with Crippen LogP contribution < -0.4 is 28.5 Å². The van der Waals surface area contributed by atoms with E-state index in [1.54, 1.807) is 0 Å². The second kappa shape index (κ2) is 8.81. The minimum Gasteiger partial charge on any atom is -1.00 e. The van der Waals surface area contributed by atoms with E-state index in [1.807, 2.05) is 35.6 Å². The van der Waals surface area contributed by atoms with E-state index >= 15 is 0 Å². The Morgan fingerprint density at radius 1 is 1.56 bits per heavy atom. The van der Waals surface area contributed by atoms with E-state index < -0.39 is 0 Å². The topological polar surface area (TPSA) is 36.5 Å². The molecule has 0 bridgehead atoms. The van der Waals surface area contributed by atoms with E-state index in [1.165, 1.54) is 24.0 Å². The molecule has 0 saturated heterocycles. The molecule has 0 aliphatic rings. The van der Waals surface area contributed by atoms with Gasteiger partial charge in [-0.2, -0.15) is 0 Å². The second-order valence-corrected chi connectivity index (χ2v) is 4.51. The molecule has 0 spiro atoms. The first-order chi connectivity index (χ1) is 7.27. The van der Waals surface area contributed by atoms with Gasteiger partial charge in [0.1, 0.15) is 13.3 Å². The van der Waals surface area contributed by atoms with Gasteiger partial charge in [-0.3, -0.25) is 0 Å². The third-order valence-electron chi connectivity index (χ3n) is 2.12. The molecule has 0 aliphatic heterocycles. The average molecular weight is 352 g/mol. The van der Waals surface area contributed by atoms with Crippen molar-refractivity contribution in [2.75, 3.05) is 5.75 Å². The molecule has 0 aliphatic carbocycles. The molecule has 0 radical (unpaired) electrons. The molecule has 0 unspecified atom stereocenters. The van der Waals surface area contributed by atoms with Crippen LogP contribution in [0.15, 0.2) is 28.4 Å². The van der Waals surface area contributed by atoms with E-state index in [0.29, 0.717) is 0 Å². The zero-order chi connectivity index (χ0) is 11.1. The van der Waals surface area contributed by atoms with Gasteiger partial charge in [0.05, 0.1) is 0 Å². The molecular formula is C11H17IN2OS. The molecule has 1 aromatic heterocycles. The fraction of sp³-hybridized carbons (Fsp3) is 0.455. The first-order valence-electron chi connectivity index (χ1n) is 5.08. The number of nitrogens with zero attached hydrogens (tertiary/aromatic N) is 2. The van der Waals surface area contributed by atoms with Gasteiger partial charge in [0, 0.05) is 17.0 Å². The third kappa shape index (κ3) is 5.16. The summed E-state index contributed by atoms with van der Waals surface area (Å²) >= 11 is 1.84. The third-order valence-corrected chi connectivity index (χ3v) is 3.20. The van der Waals surface area contributed by atoms with Gasteiger partial charge in [-0.05, 0) is 12.2 Å². The van der Waals surface area contributed by atoms with Crippen molar-refractivity contribution in [1.82, 2.24) is 0 Å². The van der Waals surface area contributed by atoms with Crippen LogP contribution >= 0.6 is 11.8 Å². The Bertz CT molecular complexity index is 345. The molecule has 5 heteroatoms. The summed E-state index contributed by atoms with van der Waals surface area (Å²) in [6.07, 6.45) is 5.88. The van der Waals surface area contributed by atoms with Gasteiger partial charge in [-0.25, -0.2) is 4.57 Å². The Morgan fingerprint density at radius 2 is 2.31 bits per heavy atom. The molecule has 1 aromatic rings. The number of pyridine rings is 1. The summed E-state index contributed by atoms with van der Waals surface area (Å²) in [6.45, 7) is 2.19. The standard InChI is InChI=1S/C11H16N2OS.HI/c1-3-4-7-15-11-5-6-13(2)10(8-11)9-12-14;/h5-6,8-9H,3-4,7H2,1-2H3;1H. The summed E-state index contributed by atoms with van der Waals surface area (Å²) in [4.78, 5) is 1.22. The monoisotopic (exact) mass is 352 g/mol. The van der Waals surface area contributed by atoms with Crippen LogP contribution in [0.25, 0.3) is 0 Å². The molecule has 0 amide bonds. The van der Waals surface area contributed by atoms with E-state index in [0.717, 1.165) is 11.4 Å². The van der Waals surface area contributed by atoms with Crippen molar-refractivity contribution in [3.63, 3.8) is 0 Å². The van der Waals surface area contributed by atoms with E-state index in [9.17, 15) is 0 Å². The van der Waals surface area contributed by atoms with Crippen LogP contribution in [0.3, 0.4) is 0 Å². The summed E-state index contributed by atoms with van der Waals surface area (Å²) < 4.78 is 1.92.